The van der Waals surface area contributed by atoms with E-state index in [1.807, 2.05) is 30.3 Å². The van der Waals surface area contributed by atoms with Crippen LogP contribution in [-0.2, 0) is 29.8 Å². The predicted molar refractivity (Wildman–Crippen MR) is 203 cm³/mol. The number of halogens is 1. The molecule has 290 valence electrons. The smallest absolute Gasteiger partial charge is 0.459 e. The van der Waals surface area contributed by atoms with Crippen LogP contribution in [0.15, 0.2) is 67.0 Å². The zero-order valence-electron chi connectivity index (χ0n) is 30.6. The van der Waals surface area contributed by atoms with Gasteiger partial charge in [-0.25, -0.2) is 9.55 Å². The van der Waals surface area contributed by atoms with Crippen molar-refractivity contribution in [3.8, 4) is 18.1 Å². The summed E-state index contributed by atoms with van der Waals surface area (Å²) in [7, 11) is -4.47. The Morgan fingerprint density at radius 1 is 1.07 bits per heavy atom. The number of nitrogens with zero attached hydrogens (tertiary/aromatic N) is 4. The van der Waals surface area contributed by atoms with Crippen LogP contribution in [-0.4, -0.2) is 61.6 Å². The van der Waals surface area contributed by atoms with Gasteiger partial charge in [-0.1, -0.05) is 119 Å². The lowest BCUT2D eigenvalue weighted by Crippen LogP contribution is -2.44. The van der Waals surface area contributed by atoms with Gasteiger partial charge in [0.05, 0.1) is 12.9 Å². The second kappa shape index (κ2) is 19.8. The number of nitrogens with two attached hydrogens (primary N) is 1. The van der Waals surface area contributed by atoms with E-state index in [9.17, 15) is 18.9 Å². The van der Waals surface area contributed by atoms with E-state index in [0.717, 1.165) is 24.8 Å². The number of carbonyl (C=O) groups excluding carboxylic acids is 1. The number of fused-ring (bicyclic) bond motifs is 1. The number of carbonyl (C=O) groups is 1. The van der Waals surface area contributed by atoms with Gasteiger partial charge in [0.25, 0.3) is 0 Å². The van der Waals surface area contributed by atoms with Crippen molar-refractivity contribution >= 4 is 30.7 Å². The molecule has 3 heterocycles. The van der Waals surface area contributed by atoms with E-state index >= 15 is 0 Å². The van der Waals surface area contributed by atoms with Crippen molar-refractivity contribution in [1.82, 2.24) is 24.6 Å². The normalized spacial score (nSPS) is 20.0. The summed E-state index contributed by atoms with van der Waals surface area (Å²) in [4.78, 5) is 25.1. The number of aliphatic hydroxyl groups is 1. The molecule has 5 atom stereocenters. The van der Waals surface area contributed by atoms with Gasteiger partial charge < -0.3 is 24.8 Å². The first kappa shape index (κ1) is 40.8. The molecule has 2 aromatic heterocycles. The summed E-state index contributed by atoms with van der Waals surface area (Å²) in [6, 6.07) is 16.4. The fraction of sp³-hybridized carbons (Fsp3) is 0.487. The highest BCUT2D eigenvalue weighted by Crippen LogP contribution is 2.48. The van der Waals surface area contributed by atoms with Crippen LogP contribution >= 0.6 is 7.75 Å². The largest absolute Gasteiger partial charge is 0.465 e. The Morgan fingerprint density at radius 3 is 2.39 bits per heavy atom. The third-order valence-corrected chi connectivity index (χ3v) is 10.9. The maximum Gasteiger partial charge on any atom is 0.459 e. The number of benzene rings is 2. The number of nitrogens with one attached hydrogen (secondary N) is 1. The first-order chi connectivity index (χ1) is 26.1. The fourth-order valence-electron chi connectivity index (χ4n) is 6.32. The van der Waals surface area contributed by atoms with Crippen LogP contribution in [0, 0.1) is 18.4 Å². The summed E-state index contributed by atoms with van der Waals surface area (Å²) < 4.78 is 53.9. The van der Waals surface area contributed by atoms with E-state index in [4.69, 9.17) is 30.7 Å². The summed E-state index contributed by atoms with van der Waals surface area (Å²) in [6.07, 6.45) is 15.3. The SMILES string of the molecule is C#C[C@]1(CO[P@@](=O)(N[C@@H](Cc2ccccc2)C(=O)OCCCCCCCCCCCC)Oc2ccccc2)O[C@@H](n2cnc3c(N)nc(F)nc32)C[C@@H]1O. The molecule has 0 amide bonds. The summed E-state index contributed by atoms with van der Waals surface area (Å²) >= 11 is 0. The van der Waals surface area contributed by atoms with Crippen LogP contribution in [0.2, 0.25) is 0 Å². The van der Waals surface area contributed by atoms with E-state index < -0.39 is 50.4 Å². The standard InChI is InChI=1S/C39H50FN6O7P/c1-3-5-6-7-8-9-10-11-12-19-24-50-37(48)31(25-29-20-15-13-16-21-29)45-54(49,53-30-22-17-14-18-23-30)51-27-39(4-2)32(47)26-33(52-39)46-28-42-34-35(41)43-38(40)44-36(34)46/h2,13-18,20-23,28,31-33,47H,3,5-12,19,24-27H2,1H3,(H,45,49)(H2,41,43,44)/t31-,32-,33+,39+,54-/m0/s1. The summed E-state index contributed by atoms with van der Waals surface area (Å²) in [5.74, 6) is 1.84. The molecule has 0 bridgehead atoms. The first-order valence-electron chi connectivity index (χ1n) is 18.6. The fourth-order valence-corrected chi connectivity index (χ4v) is 7.84. The van der Waals surface area contributed by atoms with Crippen LogP contribution < -0.4 is 15.3 Å². The number of unbranched alkanes of at least 4 members (excludes halogenated alkanes) is 9. The molecule has 1 saturated heterocycles. The number of esters is 1. The average molecular weight is 765 g/mol. The molecule has 2 aromatic carbocycles. The topological polar surface area (TPSA) is 173 Å². The van der Waals surface area contributed by atoms with Gasteiger partial charge in [0.2, 0.25) is 0 Å². The van der Waals surface area contributed by atoms with Gasteiger partial charge >= 0.3 is 19.8 Å². The predicted octanol–water partition coefficient (Wildman–Crippen LogP) is 7.07. The maximum atomic E-state index is 14.7. The molecule has 4 N–H and O–H groups in total. The molecule has 1 fully saturated rings. The first-order valence-corrected chi connectivity index (χ1v) is 20.2. The third kappa shape index (κ3) is 11.1. The molecule has 0 aliphatic carbocycles. The summed E-state index contributed by atoms with van der Waals surface area (Å²) in [5, 5.41) is 14.1. The second-order valence-electron chi connectivity index (χ2n) is 13.5. The van der Waals surface area contributed by atoms with E-state index in [0.29, 0.717) is 6.42 Å². The number of aliphatic hydroxyl groups excluding tert-OH is 1. The van der Waals surface area contributed by atoms with Crippen molar-refractivity contribution in [2.45, 2.75) is 108 Å². The number of hydrogen-bond donors (Lipinski definition) is 3. The Hall–Kier alpha value is -4.38. The highest BCUT2D eigenvalue weighted by atomic mass is 31.2. The van der Waals surface area contributed by atoms with Gasteiger partial charge in [-0.05, 0) is 30.5 Å². The Kier molecular flexibility index (Phi) is 15.0. The number of nitrogen functional groups attached to an aromatic ring is 1. The van der Waals surface area contributed by atoms with Gasteiger partial charge in [-0.2, -0.15) is 19.4 Å². The minimum Gasteiger partial charge on any atom is -0.465 e. The van der Waals surface area contributed by atoms with E-state index in [1.165, 1.54) is 49.4 Å². The number of ether oxygens (including phenoxy) is 2. The second-order valence-corrected chi connectivity index (χ2v) is 15.1. The lowest BCUT2D eigenvalue weighted by atomic mass is 9.99. The van der Waals surface area contributed by atoms with Gasteiger partial charge in [0.1, 0.15) is 30.7 Å². The zero-order valence-corrected chi connectivity index (χ0v) is 31.5. The lowest BCUT2D eigenvalue weighted by Gasteiger charge is -2.30. The number of para-hydroxylation sites is 1. The number of rotatable bonds is 22. The van der Waals surface area contributed by atoms with Crippen molar-refractivity contribution in [2.75, 3.05) is 18.9 Å². The average Bonchev–Trinajstić information content (AvgIpc) is 3.74. The maximum absolute atomic E-state index is 14.7. The molecule has 1 aliphatic rings. The quantitative estimate of drug-likeness (QED) is 0.0245. The van der Waals surface area contributed by atoms with Gasteiger partial charge in [-0.15, -0.1) is 6.42 Å². The van der Waals surface area contributed by atoms with Crippen LogP contribution in [0.1, 0.15) is 89.3 Å². The molecule has 1 aliphatic heterocycles. The molecular formula is C39H50FN6O7P. The number of imidazole rings is 1. The lowest BCUT2D eigenvalue weighted by molar-refractivity contribution is -0.146. The third-order valence-electron chi connectivity index (χ3n) is 9.33. The minimum atomic E-state index is -4.47. The van der Waals surface area contributed by atoms with Crippen LogP contribution in [0.3, 0.4) is 0 Å². The Bertz CT molecular complexity index is 1880. The van der Waals surface area contributed by atoms with Crippen LogP contribution in [0.4, 0.5) is 10.2 Å². The van der Waals surface area contributed by atoms with Crippen molar-refractivity contribution in [1.29, 1.82) is 0 Å². The van der Waals surface area contributed by atoms with Gasteiger partial charge in [-0.3, -0.25) is 13.9 Å². The summed E-state index contributed by atoms with van der Waals surface area (Å²) in [6.45, 7) is 1.80. The molecule has 0 radical (unpaired) electrons. The Balaban J connectivity index is 1.28. The minimum absolute atomic E-state index is 0.0331. The molecule has 4 aromatic rings. The molecule has 15 heteroatoms. The molecular weight excluding hydrogens is 714 g/mol. The molecule has 13 nitrogen and oxygen atoms in total. The van der Waals surface area contributed by atoms with E-state index in [1.54, 1.807) is 30.3 Å². The highest BCUT2D eigenvalue weighted by Gasteiger charge is 2.50. The monoisotopic (exact) mass is 764 g/mol. The van der Waals surface area contributed by atoms with Crippen LogP contribution in [0.25, 0.3) is 11.2 Å². The number of anilines is 1. The number of aromatic nitrogens is 4. The van der Waals surface area contributed by atoms with E-state index in [-0.39, 0.29) is 42.2 Å². The number of terminal acetylenes is 1. The molecule has 0 spiro atoms. The number of hydrogen-bond acceptors (Lipinski definition) is 11. The van der Waals surface area contributed by atoms with Gasteiger partial charge in [0, 0.05) is 6.42 Å². The molecule has 0 saturated carbocycles. The van der Waals surface area contributed by atoms with Crippen molar-refractivity contribution in [2.24, 2.45) is 0 Å². The Morgan fingerprint density at radius 2 is 1.72 bits per heavy atom. The van der Waals surface area contributed by atoms with Gasteiger partial charge in [0.15, 0.2) is 22.6 Å². The molecule has 0 unspecified atom stereocenters. The highest BCUT2D eigenvalue weighted by molar-refractivity contribution is 7.52. The van der Waals surface area contributed by atoms with Crippen molar-refractivity contribution in [3.05, 3.63) is 78.6 Å². The van der Waals surface area contributed by atoms with Crippen molar-refractivity contribution < 1.29 is 37.4 Å². The van der Waals surface area contributed by atoms with E-state index in [2.05, 4.69) is 32.9 Å². The Labute approximate surface area is 315 Å². The molecule has 54 heavy (non-hydrogen) atoms. The zero-order chi connectivity index (χ0) is 38.4. The van der Waals surface area contributed by atoms with Crippen LogP contribution in [0.5, 0.6) is 5.75 Å². The van der Waals surface area contributed by atoms with Crippen molar-refractivity contribution in [3.63, 3.8) is 0 Å². The molecule has 5 rings (SSSR count). The summed E-state index contributed by atoms with van der Waals surface area (Å²) in [5.41, 5.74) is 4.93.